The third kappa shape index (κ3) is 3.18. The molecule has 3 nitrogen and oxygen atoms in total. The van der Waals surface area contributed by atoms with E-state index in [2.05, 4.69) is 0 Å². The molecule has 76 valence electrons. The molecule has 14 heavy (non-hydrogen) atoms. The van der Waals surface area contributed by atoms with Crippen LogP contribution >= 0.6 is 0 Å². The molecule has 0 saturated heterocycles. The van der Waals surface area contributed by atoms with Crippen LogP contribution in [0.15, 0.2) is 24.3 Å². The first-order valence-electron chi connectivity index (χ1n) is 4.64. The predicted molar refractivity (Wildman–Crippen MR) is 57.4 cm³/mol. The largest absolute Gasteiger partial charge is 0.384 e. The Balaban J connectivity index is 2.69. The number of nitrogen functional groups attached to an aromatic ring is 1. The second-order valence-electron chi connectivity index (χ2n) is 3.47. The summed E-state index contributed by atoms with van der Waals surface area (Å²) in [5, 5.41) is 7.29. The minimum Gasteiger partial charge on any atom is -0.384 e. The lowest BCUT2D eigenvalue weighted by atomic mass is 10.1. The van der Waals surface area contributed by atoms with Gasteiger partial charge in [0.25, 0.3) is 0 Å². The lowest BCUT2D eigenvalue weighted by Crippen LogP contribution is -2.11. The van der Waals surface area contributed by atoms with Crippen molar-refractivity contribution in [3.05, 3.63) is 35.4 Å². The molecule has 0 atom stereocenters. The molecule has 0 amide bonds. The molecule has 0 saturated carbocycles. The SMILES string of the molecule is CC(C)OCc1cccc(C(=N)N)c1. The summed E-state index contributed by atoms with van der Waals surface area (Å²) in [5.41, 5.74) is 7.17. The number of ether oxygens (including phenoxy) is 1. The zero-order valence-corrected chi connectivity index (χ0v) is 8.58. The molecular formula is C11H16N2O. The smallest absolute Gasteiger partial charge is 0.122 e. The van der Waals surface area contributed by atoms with Gasteiger partial charge >= 0.3 is 0 Å². The third-order valence-electron chi connectivity index (χ3n) is 1.82. The van der Waals surface area contributed by atoms with Crippen LogP contribution in [0.3, 0.4) is 0 Å². The van der Waals surface area contributed by atoms with E-state index >= 15 is 0 Å². The Morgan fingerprint density at radius 3 is 2.79 bits per heavy atom. The van der Waals surface area contributed by atoms with E-state index in [9.17, 15) is 0 Å². The van der Waals surface area contributed by atoms with Crippen LogP contribution in [-0.4, -0.2) is 11.9 Å². The standard InChI is InChI=1S/C11H16N2O/c1-8(2)14-7-9-4-3-5-10(6-9)11(12)13/h3-6,8H,7H2,1-2H3,(H3,12,13). The molecule has 1 rings (SSSR count). The van der Waals surface area contributed by atoms with E-state index in [1.807, 2.05) is 38.1 Å². The molecule has 0 aliphatic carbocycles. The number of nitrogens with one attached hydrogen (secondary N) is 1. The zero-order valence-electron chi connectivity index (χ0n) is 8.58. The average Bonchev–Trinajstić information content (AvgIpc) is 2.15. The minimum atomic E-state index is 0.0939. The van der Waals surface area contributed by atoms with Gasteiger partial charge < -0.3 is 10.5 Å². The molecule has 1 aromatic carbocycles. The van der Waals surface area contributed by atoms with Crippen LogP contribution in [0, 0.1) is 5.41 Å². The number of benzene rings is 1. The summed E-state index contributed by atoms with van der Waals surface area (Å²) in [6.07, 6.45) is 0.219. The summed E-state index contributed by atoms with van der Waals surface area (Å²) in [7, 11) is 0. The first-order chi connectivity index (χ1) is 6.59. The van der Waals surface area contributed by atoms with Crippen LogP contribution in [0.4, 0.5) is 0 Å². The third-order valence-corrected chi connectivity index (χ3v) is 1.82. The van der Waals surface area contributed by atoms with Gasteiger partial charge in [0, 0.05) is 5.56 Å². The number of hydrogen-bond acceptors (Lipinski definition) is 2. The van der Waals surface area contributed by atoms with Gasteiger partial charge in [0.15, 0.2) is 0 Å². The second kappa shape index (κ2) is 4.77. The molecule has 0 fully saturated rings. The Morgan fingerprint density at radius 1 is 1.50 bits per heavy atom. The average molecular weight is 192 g/mol. The molecule has 0 radical (unpaired) electrons. The topological polar surface area (TPSA) is 59.1 Å². The van der Waals surface area contributed by atoms with E-state index in [4.69, 9.17) is 15.9 Å². The highest BCUT2D eigenvalue weighted by atomic mass is 16.5. The van der Waals surface area contributed by atoms with E-state index in [-0.39, 0.29) is 11.9 Å². The maximum absolute atomic E-state index is 7.29. The van der Waals surface area contributed by atoms with Gasteiger partial charge in [-0.15, -0.1) is 0 Å². The first-order valence-corrected chi connectivity index (χ1v) is 4.64. The van der Waals surface area contributed by atoms with Crippen LogP contribution < -0.4 is 5.73 Å². The quantitative estimate of drug-likeness (QED) is 0.565. The molecule has 0 aromatic heterocycles. The Hall–Kier alpha value is -1.35. The number of rotatable bonds is 4. The molecular weight excluding hydrogens is 176 g/mol. The molecule has 0 aliphatic heterocycles. The van der Waals surface area contributed by atoms with Crippen molar-refractivity contribution < 1.29 is 4.74 Å². The molecule has 0 heterocycles. The number of nitrogens with two attached hydrogens (primary N) is 1. The molecule has 1 aromatic rings. The lowest BCUT2D eigenvalue weighted by Gasteiger charge is -2.08. The van der Waals surface area contributed by atoms with Crippen molar-refractivity contribution in [2.24, 2.45) is 5.73 Å². The maximum atomic E-state index is 7.29. The summed E-state index contributed by atoms with van der Waals surface area (Å²) in [4.78, 5) is 0. The normalized spacial score (nSPS) is 10.5. The van der Waals surface area contributed by atoms with Gasteiger partial charge in [-0.2, -0.15) is 0 Å². The Labute approximate surface area is 84.4 Å². The van der Waals surface area contributed by atoms with Crippen molar-refractivity contribution in [2.45, 2.75) is 26.6 Å². The van der Waals surface area contributed by atoms with Gasteiger partial charge in [-0.25, -0.2) is 0 Å². The van der Waals surface area contributed by atoms with Crippen molar-refractivity contribution in [1.82, 2.24) is 0 Å². The summed E-state index contributed by atoms with van der Waals surface area (Å²) >= 11 is 0. The molecule has 0 spiro atoms. The van der Waals surface area contributed by atoms with Crippen molar-refractivity contribution in [3.63, 3.8) is 0 Å². The van der Waals surface area contributed by atoms with Crippen LogP contribution in [0.2, 0.25) is 0 Å². The van der Waals surface area contributed by atoms with E-state index < -0.39 is 0 Å². The molecule has 0 unspecified atom stereocenters. The fourth-order valence-corrected chi connectivity index (χ4v) is 1.09. The maximum Gasteiger partial charge on any atom is 0.122 e. The fraction of sp³-hybridized carbons (Fsp3) is 0.364. The number of amidine groups is 1. The summed E-state index contributed by atoms with van der Waals surface area (Å²) < 4.78 is 5.45. The number of hydrogen-bond donors (Lipinski definition) is 2. The Morgan fingerprint density at radius 2 is 2.21 bits per heavy atom. The van der Waals surface area contributed by atoms with E-state index in [0.717, 1.165) is 11.1 Å². The summed E-state index contributed by atoms with van der Waals surface area (Å²) in [6, 6.07) is 7.55. The highest BCUT2D eigenvalue weighted by molar-refractivity contribution is 5.95. The second-order valence-corrected chi connectivity index (χ2v) is 3.47. The van der Waals surface area contributed by atoms with Gasteiger partial charge in [-0.1, -0.05) is 18.2 Å². The highest BCUT2D eigenvalue weighted by Gasteiger charge is 1.99. The summed E-state index contributed by atoms with van der Waals surface area (Å²) in [5.74, 6) is 0.0939. The fourth-order valence-electron chi connectivity index (χ4n) is 1.09. The van der Waals surface area contributed by atoms with Crippen molar-refractivity contribution in [2.75, 3.05) is 0 Å². The zero-order chi connectivity index (χ0) is 10.6. The van der Waals surface area contributed by atoms with Gasteiger partial charge in [0.2, 0.25) is 0 Å². The van der Waals surface area contributed by atoms with Gasteiger partial charge in [0.05, 0.1) is 12.7 Å². The Kier molecular flexibility index (Phi) is 3.65. The summed E-state index contributed by atoms with van der Waals surface area (Å²) in [6.45, 7) is 4.56. The first kappa shape index (κ1) is 10.7. The van der Waals surface area contributed by atoms with Crippen LogP contribution in [0.5, 0.6) is 0 Å². The van der Waals surface area contributed by atoms with E-state index in [1.165, 1.54) is 0 Å². The van der Waals surface area contributed by atoms with E-state index in [1.54, 1.807) is 0 Å². The predicted octanol–water partition coefficient (Wildman–Crippen LogP) is 1.90. The van der Waals surface area contributed by atoms with E-state index in [0.29, 0.717) is 6.61 Å². The Bertz CT molecular complexity index is 321. The van der Waals surface area contributed by atoms with Gasteiger partial charge in [-0.3, -0.25) is 5.41 Å². The molecule has 0 aliphatic rings. The van der Waals surface area contributed by atoms with Crippen molar-refractivity contribution in [3.8, 4) is 0 Å². The van der Waals surface area contributed by atoms with Gasteiger partial charge in [0.1, 0.15) is 5.84 Å². The van der Waals surface area contributed by atoms with Crippen molar-refractivity contribution >= 4 is 5.84 Å². The minimum absolute atomic E-state index is 0.0939. The van der Waals surface area contributed by atoms with Crippen LogP contribution in [0.25, 0.3) is 0 Å². The molecule has 3 N–H and O–H groups in total. The lowest BCUT2D eigenvalue weighted by molar-refractivity contribution is 0.0657. The monoisotopic (exact) mass is 192 g/mol. The molecule has 3 heteroatoms. The molecule has 0 bridgehead atoms. The van der Waals surface area contributed by atoms with Crippen LogP contribution in [-0.2, 0) is 11.3 Å². The highest BCUT2D eigenvalue weighted by Crippen LogP contribution is 2.07. The van der Waals surface area contributed by atoms with Crippen LogP contribution in [0.1, 0.15) is 25.0 Å². The van der Waals surface area contributed by atoms with Gasteiger partial charge in [-0.05, 0) is 25.5 Å². The van der Waals surface area contributed by atoms with Crippen molar-refractivity contribution in [1.29, 1.82) is 5.41 Å².